The van der Waals surface area contributed by atoms with Crippen LogP contribution in [0.25, 0.3) is 84.4 Å². The van der Waals surface area contributed by atoms with E-state index in [1.54, 1.807) is 0 Å². The van der Waals surface area contributed by atoms with Crippen molar-refractivity contribution < 1.29 is 0 Å². The maximum atomic E-state index is 5.11. The average Bonchev–Trinajstić information content (AvgIpc) is 3.19. The summed E-state index contributed by atoms with van der Waals surface area (Å²) in [6.45, 7) is 6.31. The quantitative estimate of drug-likeness (QED) is 0.171. The van der Waals surface area contributed by atoms with E-state index >= 15 is 0 Å². The molecule has 51 heavy (non-hydrogen) atoms. The largest absolute Gasteiger partial charge is 0.261 e. The van der Waals surface area contributed by atoms with Gasteiger partial charge in [-0.1, -0.05) is 133 Å². The van der Waals surface area contributed by atoms with Gasteiger partial charge in [-0.2, -0.15) is 0 Å². The summed E-state index contributed by atoms with van der Waals surface area (Å²) in [7, 11) is 0. The predicted octanol–water partition coefficient (Wildman–Crippen LogP) is 12.1. The summed E-state index contributed by atoms with van der Waals surface area (Å²) >= 11 is 0. The van der Waals surface area contributed by atoms with Gasteiger partial charge in [-0.15, -0.1) is 0 Å². The average molecular weight is 657 g/mol. The molecular weight excluding hydrogens is 621 g/mol. The van der Waals surface area contributed by atoms with Crippen molar-refractivity contribution in [3.05, 3.63) is 175 Å². The number of aryl methyl sites for hydroxylation is 2. The zero-order valence-electron chi connectivity index (χ0n) is 28.9. The van der Waals surface area contributed by atoms with Gasteiger partial charge in [0.05, 0.1) is 0 Å². The Kier molecular flexibility index (Phi) is 8.57. The van der Waals surface area contributed by atoms with Gasteiger partial charge >= 0.3 is 0 Å². The maximum Gasteiger partial charge on any atom is 0.164 e. The lowest BCUT2D eigenvalue weighted by molar-refractivity contribution is 1.07. The lowest BCUT2D eigenvalue weighted by atomic mass is 9.89. The third-order valence-corrected chi connectivity index (χ3v) is 9.36. The molecule has 0 bridgehead atoms. The van der Waals surface area contributed by atoms with Crippen LogP contribution in [0.5, 0.6) is 0 Å². The van der Waals surface area contributed by atoms with Crippen LogP contribution in [0, 0.1) is 13.8 Å². The smallest absolute Gasteiger partial charge is 0.164 e. The Morgan fingerprint density at radius 1 is 0.431 bits per heavy atom. The van der Waals surface area contributed by atoms with Gasteiger partial charge in [-0.05, 0) is 94.8 Å². The molecular formula is C47H36N4. The summed E-state index contributed by atoms with van der Waals surface area (Å²) in [6.07, 6.45) is 6.15. The van der Waals surface area contributed by atoms with Gasteiger partial charge in [0.2, 0.25) is 0 Å². The molecule has 0 N–H and O–H groups in total. The molecule has 0 radical (unpaired) electrons. The summed E-state index contributed by atoms with van der Waals surface area (Å²) in [5.41, 5.74) is 13.0. The van der Waals surface area contributed by atoms with Crippen LogP contribution in [0.3, 0.4) is 0 Å². The summed E-state index contributed by atoms with van der Waals surface area (Å²) in [5.74, 6) is 1.90. The third kappa shape index (κ3) is 6.36. The van der Waals surface area contributed by atoms with Gasteiger partial charge in [0, 0.05) is 34.1 Å². The zero-order chi connectivity index (χ0) is 34.7. The van der Waals surface area contributed by atoms with Crippen molar-refractivity contribution in [2.45, 2.75) is 20.8 Å². The molecule has 0 atom stereocenters. The minimum atomic E-state index is 0.625. The van der Waals surface area contributed by atoms with Gasteiger partial charge in [0.1, 0.15) is 0 Å². The molecule has 2 aromatic heterocycles. The monoisotopic (exact) mass is 656 g/mol. The molecule has 0 unspecified atom stereocenters. The molecule has 2 heterocycles. The molecule has 0 saturated carbocycles. The standard InChI is InChI=1S/C47H36N4/c1-4-14-40-31(2)27-44(43-20-12-11-19-42(40)43)38-28-37(33-22-24-34(25-23-33)41-21-13-26-48-32(41)3)29-39(30-38)47-50-45(35-15-7-5-8-16-35)49-46(51-47)36-17-9-6-10-18-36/h4-30H,1-3H3/b14-4-. The number of allylic oxidation sites excluding steroid dienone is 1. The number of rotatable bonds is 7. The lowest BCUT2D eigenvalue weighted by Crippen LogP contribution is -2.00. The predicted molar refractivity (Wildman–Crippen MR) is 212 cm³/mol. The molecule has 0 saturated heterocycles. The van der Waals surface area contributed by atoms with E-state index in [4.69, 9.17) is 15.0 Å². The van der Waals surface area contributed by atoms with E-state index < -0.39 is 0 Å². The molecule has 0 aliphatic carbocycles. The molecule has 6 aromatic carbocycles. The molecule has 8 aromatic rings. The number of fused-ring (bicyclic) bond motifs is 1. The second-order valence-electron chi connectivity index (χ2n) is 12.8. The normalized spacial score (nSPS) is 11.4. The summed E-state index contributed by atoms with van der Waals surface area (Å²) in [6, 6.07) is 50.8. The fourth-order valence-corrected chi connectivity index (χ4v) is 6.81. The molecule has 4 heteroatoms. The second kappa shape index (κ2) is 13.8. The van der Waals surface area contributed by atoms with Gasteiger partial charge in [-0.25, -0.2) is 15.0 Å². The Bertz CT molecular complexity index is 2480. The highest BCUT2D eigenvalue weighted by Crippen LogP contribution is 2.39. The number of hydrogen-bond donors (Lipinski definition) is 0. The van der Waals surface area contributed by atoms with E-state index in [2.05, 4.69) is 117 Å². The Morgan fingerprint density at radius 3 is 1.61 bits per heavy atom. The highest BCUT2D eigenvalue weighted by molar-refractivity contribution is 6.03. The van der Waals surface area contributed by atoms with E-state index in [-0.39, 0.29) is 0 Å². The topological polar surface area (TPSA) is 51.6 Å². The van der Waals surface area contributed by atoms with Crippen molar-refractivity contribution in [3.63, 3.8) is 0 Å². The third-order valence-electron chi connectivity index (χ3n) is 9.36. The van der Waals surface area contributed by atoms with Crippen molar-refractivity contribution in [1.29, 1.82) is 0 Å². The lowest BCUT2D eigenvalue weighted by Gasteiger charge is -2.16. The van der Waals surface area contributed by atoms with Crippen LogP contribution >= 0.6 is 0 Å². The first-order valence-electron chi connectivity index (χ1n) is 17.3. The van der Waals surface area contributed by atoms with E-state index in [0.717, 1.165) is 50.2 Å². The second-order valence-corrected chi connectivity index (χ2v) is 12.8. The first-order valence-corrected chi connectivity index (χ1v) is 17.3. The van der Waals surface area contributed by atoms with E-state index in [9.17, 15) is 0 Å². The zero-order valence-corrected chi connectivity index (χ0v) is 28.9. The Labute approximate surface area is 298 Å². The van der Waals surface area contributed by atoms with Crippen LogP contribution < -0.4 is 0 Å². The van der Waals surface area contributed by atoms with Crippen molar-refractivity contribution >= 4 is 16.8 Å². The molecule has 0 fully saturated rings. The fraction of sp³-hybridized carbons (Fsp3) is 0.0638. The SMILES string of the molecule is C/C=C\c1c(C)cc(-c2cc(-c3ccc(-c4cccnc4C)cc3)cc(-c3nc(-c4ccccc4)nc(-c4ccccc4)n3)c2)c2ccccc12. The number of aromatic nitrogens is 4. The summed E-state index contributed by atoms with van der Waals surface area (Å²) < 4.78 is 0. The first-order chi connectivity index (χ1) is 25.1. The van der Waals surface area contributed by atoms with Crippen LogP contribution in [0.15, 0.2) is 158 Å². The molecule has 0 aliphatic rings. The highest BCUT2D eigenvalue weighted by atomic mass is 15.0. The van der Waals surface area contributed by atoms with Crippen molar-refractivity contribution in [3.8, 4) is 67.5 Å². The van der Waals surface area contributed by atoms with Gasteiger partial charge in [0.25, 0.3) is 0 Å². The summed E-state index contributed by atoms with van der Waals surface area (Å²) in [4.78, 5) is 19.7. The van der Waals surface area contributed by atoms with Crippen LogP contribution in [-0.2, 0) is 0 Å². The molecule has 0 spiro atoms. The van der Waals surface area contributed by atoms with Crippen molar-refractivity contribution in [2.75, 3.05) is 0 Å². The molecule has 0 amide bonds. The minimum Gasteiger partial charge on any atom is -0.261 e. The van der Waals surface area contributed by atoms with Crippen LogP contribution in [-0.4, -0.2) is 19.9 Å². The van der Waals surface area contributed by atoms with Gasteiger partial charge < -0.3 is 0 Å². The van der Waals surface area contributed by atoms with Crippen LogP contribution in [0.2, 0.25) is 0 Å². The van der Waals surface area contributed by atoms with Gasteiger partial charge in [0.15, 0.2) is 17.5 Å². The van der Waals surface area contributed by atoms with Crippen molar-refractivity contribution in [2.24, 2.45) is 0 Å². The first kappa shape index (κ1) is 31.7. The molecule has 244 valence electrons. The highest BCUT2D eigenvalue weighted by Gasteiger charge is 2.17. The number of nitrogens with zero attached hydrogens (tertiary/aromatic N) is 4. The summed E-state index contributed by atoms with van der Waals surface area (Å²) in [5, 5.41) is 2.43. The van der Waals surface area contributed by atoms with Crippen LogP contribution in [0.1, 0.15) is 23.7 Å². The van der Waals surface area contributed by atoms with Gasteiger partial charge in [-0.3, -0.25) is 4.98 Å². The maximum absolute atomic E-state index is 5.11. The number of benzene rings is 6. The fourth-order valence-electron chi connectivity index (χ4n) is 6.81. The minimum absolute atomic E-state index is 0.625. The van der Waals surface area contributed by atoms with E-state index in [1.165, 1.54) is 27.5 Å². The van der Waals surface area contributed by atoms with Crippen LogP contribution in [0.4, 0.5) is 0 Å². The Balaban J connectivity index is 1.36. The molecule has 0 aliphatic heterocycles. The number of pyridine rings is 1. The van der Waals surface area contributed by atoms with Crippen molar-refractivity contribution in [1.82, 2.24) is 19.9 Å². The Morgan fingerprint density at radius 2 is 0.980 bits per heavy atom. The van der Waals surface area contributed by atoms with E-state index in [0.29, 0.717) is 17.5 Å². The molecule has 8 rings (SSSR count). The Hall–Kier alpha value is -6.52. The molecule has 4 nitrogen and oxygen atoms in total. The number of hydrogen-bond acceptors (Lipinski definition) is 4. The van der Waals surface area contributed by atoms with E-state index in [1.807, 2.05) is 72.9 Å².